The lowest BCUT2D eigenvalue weighted by Gasteiger charge is -2.40. The first-order valence-electron chi connectivity index (χ1n) is 5.15. The Hall–Kier alpha value is -0.120. The van der Waals surface area contributed by atoms with E-state index in [1.165, 1.54) is 25.8 Å². The zero-order valence-corrected chi connectivity index (χ0v) is 9.05. The Kier molecular flexibility index (Phi) is 4.70. The third-order valence-corrected chi connectivity index (χ3v) is 2.96. The average Bonchev–Trinajstić information content (AvgIpc) is 2.03. The van der Waals surface area contributed by atoms with Crippen molar-refractivity contribution in [2.75, 3.05) is 34.3 Å². The molecule has 13 heavy (non-hydrogen) atoms. The van der Waals surface area contributed by atoms with Crippen LogP contribution in [-0.4, -0.2) is 51.3 Å². The Morgan fingerprint density at radius 3 is 2.69 bits per heavy atom. The van der Waals surface area contributed by atoms with Gasteiger partial charge in [-0.15, -0.1) is 0 Å². The number of nitrogens with one attached hydrogen (secondary N) is 1. The summed E-state index contributed by atoms with van der Waals surface area (Å²) < 4.78 is 5.25. The number of methoxy groups -OCH3 is 1. The minimum Gasteiger partial charge on any atom is -0.381 e. The van der Waals surface area contributed by atoms with Gasteiger partial charge in [0.25, 0.3) is 0 Å². The smallest absolute Gasteiger partial charge is 0.0601 e. The number of ether oxygens (including phenoxy) is 1. The van der Waals surface area contributed by atoms with Gasteiger partial charge in [-0.2, -0.15) is 0 Å². The van der Waals surface area contributed by atoms with Crippen molar-refractivity contribution in [3.8, 4) is 0 Å². The Bertz CT molecular complexity index is 135. The van der Waals surface area contributed by atoms with Crippen LogP contribution < -0.4 is 5.32 Å². The lowest BCUT2D eigenvalue weighted by atomic mass is 9.88. The summed E-state index contributed by atoms with van der Waals surface area (Å²) in [7, 11) is 6.03. The first kappa shape index (κ1) is 11.0. The molecule has 0 heterocycles. The monoisotopic (exact) mass is 186 g/mol. The van der Waals surface area contributed by atoms with Gasteiger partial charge >= 0.3 is 0 Å². The fraction of sp³-hybridized carbons (Fsp3) is 1.00. The molecule has 1 N–H and O–H groups in total. The minimum absolute atomic E-state index is 0.525. The molecule has 1 rings (SSSR count). The molecule has 0 aliphatic heterocycles. The summed E-state index contributed by atoms with van der Waals surface area (Å²) in [6, 6.07) is 0.766. The van der Waals surface area contributed by atoms with Crippen LogP contribution in [0.3, 0.4) is 0 Å². The maximum atomic E-state index is 5.25. The van der Waals surface area contributed by atoms with E-state index in [4.69, 9.17) is 4.74 Å². The van der Waals surface area contributed by atoms with E-state index in [0.29, 0.717) is 6.10 Å². The van der Waals surface area contributed by atoms with Crippen LogP contribution in [0.2, 0.25) is 0 Å². The van der Waals surface area contributed by atoms with Crippen LogP contribution in [0.15, 0.2) is 0 Å². The van der Waals surface area contributed by atoms with Crippen molar-refractivity contribution in [2.45, 2.75) is 31.4 Å². The molecule has 0 unspecified atom stereocenters. The van der Waals surface area contributed by atoms with Gasteiger partial charge in [-0.05, 0) is 46.4 Å². The fourth-order valence-electron chi connectivity index (χ4n) is 1.78. The molecule has 0 spiro atoms. The molecule has 0 amide bonds. The second-order valence-electron chi connectivity index (χ2n) is 3.92. The normalized spacial score (nSPS) is 27.7. The quantitative estimate of drug-likeness (QED) is 0.618. The highest BCUT2D eigenvalue weighted by Gasteiger charge is 2.31. The van der Waals surface area contributed by atoms with Crippen molar-refractivity contribution >= 4 is 0 Å². The van der Waals surface area contributed by atoms with Gasteiger partial charge in [0.05, 0.1) is 6.10 Å². The first-order chi connectivity index (χ1) is 6.27. The fourth-order valence-corrected chi connectivity index (χ4v) is 1.78. The molecule has 0 aromatic heterocycles. The zero-order valence-electron chi connectivity index (χ0n) is 9.05. The van der Waals surface area contributed by atoms with Crippen LogP contribution in [0.1, 0.15) is 19.3 Å². The second kappa shape index (κ2) is 5.58. The van der Waals surface area contributed by atoms with Gasteiger partial charge < -0.3 is 15.0 Å². The van der Waals surface area contributed by atoms with E-state index in [-0.39, 0.29) is 0 Å². The molecule has 3 nitrogen and oxygen atoms in total. The van der Waals surface area contributed by atoms with Gasteiger partial charge in [-0.3, -0.25) is 0 Å². The van der Waals surface area contributed by atoms with E-state index in [9.17, 15) is 0 Å². The molecule has 0 atom stereocenters. The molecule has 0 aromatic rings. The highest BCUT2D eigenvalue weighted by atomic mass is 16.5. The van der Waals surface area contributed by atoms with Gasteiger partial charge in [0.2, 0.25) is 0 Å². The van der Waals surface area contributed by atoms with Crippen molar-refractivity contribution in [1.29, 1.82) is 0 Å². The SMILES string of the molecule is CNCCCN(C)C1CC(OC)C1. The van der Waals surface area contributed by atoms with Crippen molar-refractivity contribution in [1.82, 2.24) is 10.2 Å². The van der Waals surface area contributed by atoms with Crippen molar-refractivity contribution in [3.05, 3.63) is 0 Å². The summed E-state index contributed by atoms with van der Waals surface area (Å²) in [5, 5.41) is 3.17. The van der Waals surface area contributed by atoms with Gasteiger partial charge in [0, 0.05) is 13.2 Å². The molecule has 78 valence electrons. The summed E-state index contributed by atoms with van der Waals surface area (Å²) in [6.45, 7) is 2.31. The maximum Gasteiger partial charge on any atom is 0.0601 e. The van der Waals surface area contributed by atoms with Gasteiger partial charge in [0.15, 0.2) is 0 Å². The van der Waals surface area contributed by atoms with E-state index >= 15 is 0 Å². The van der Waals surface area contributed by atoms with Gasteiger partial charge in [-0.25, -0.2) is 0 Å². The summed E-state index contributed by atoms with van der Waals surface area (Å²) in [4.78, 5) is 2.45. The molecule has 1 aliphatic carbocycles. The number of rotatable bonds is 6. The Balaban J connectivity index is 2.01. The summed E-state index contributed by atoms with van der Waals surface area (Å²) >= 11 is 0. The third kappa shape index (κ3) is 3.25. The highest BCUT2D eigenvalue weighted by molar-refractivity contribution is 4.86. The molecular weight excluding hydrogens is 164 g/mol. The Labute approximate surface area is 81.4 Å². The molecule has 0 saturated heterocycles. The van der Waals surface area contributed by atoms with Crippen molar-refractivity contribution < 1.29 is 4.74 Å². The van der Waals surface area contributed by atoms with Crippen LogP contribution in [-0.2, 0) is 4.74 Å². The zero-order chi connectivity index (χ0) is 9.68. The van der Waals surface area contributed by atoms with E-state index < -0.39 is 0 Å². The van der Waals surface area contributed by atoms with Crippen LogP contribution in [0, 0.1) is 0 Å². The molecule has 1 saturated carbocycles. The van der Waals surface area contributed by atoms with Gasteiger partial charge in [0.1, 0.15) is 0 Å². The second-order valence-corrected chi connectivity index (χ2v) is 3.92. The average molecular weight is 186 g/mol. The van der Waals surface area contributed by atoms with Crippen molar-refractivity contribution in [2.24, 2.45) is 0 Å². The molecule has 1 aliphatic rings. The molecule has 0 bridgehead atoms. The van der Waals surface area contributed by atoms with Crippen LogP contribution in [0.5, 0.6) is 0 Å². The number of nitrogens with zero attached hydrogens (tertiary/aromatic N) is 1. The van der Waals surface area contributed by atoms with Crippen LogP contribution >= 0.6 is 0 Å². The topological polar surface area (TPSA) is 24.5 Å². The van der Waals surface area contributed by atoms with E-state index in [2.05, 4.69) is 17.3 Å². The van der Waals surface area contributed by atoms with E-state index in [1.54, 1.807) is 0 Å². The summed E-state index contributed by atoms with van der Waals surface area (Å²) in [6.07, 6.45) is 4.19. The molecule has 0 aromatic carbocycles. The van der Waals surface area contributed by atoms with Crippen LogP contribution in [0.4, 0.5) is 0 Å². The predicted molar refractivity (Wildman–Crippen MR) is 55.0 cm³/mol. The van der Waals surface area contributed by atoms with E-state index in [0.717, 1.165) is 12.6 Å². The number of hydrogen-bond acceptors (Lipinski definition) is 3. The predicted octanol–water partition coefficient (Wildman–Crippen LogP) is 0.705. The van der Waals surface area contributed by atoms with Crippen LogP contribution in [0.25, 0.3) is 0 Å². The molecule has 3 heteroatoms. The highest BCUT2D eigenvalue weighted by Crippen LogP contribution is 2.26. The lowest BCUT2D eigenvalue weighted by Crippen LogP contribution is -2.46. The van der Waals surface area contributed by atoms with E-state index in [1.807, 2.05) is 14.2 Å². The Morgan fingerprint density at radius 2 is 2.15 bits per heavy atom. The molecule has 1 fully saturated rings. The largest absolute Gasteiger partial charge is 0.381 e. The molecular formula is C10H22N2O. The summed E-state index contributed by atoms with van der Waals surface area (Å²) in [5.41, 5.74) is 0. The number of hydrogen-bond donors (Lipinski definition) is 1. The summed E-state index contributed by atoms with van der Waals surface area (Å²) in [5.74, 6) is 0. The lowest BCUT2D eigenvalue weighted by molar-refractivity contribution is -0.0194. The van der Waals surface area contributed by atoms with Crippen molar-refractivity contribution in [3.63, 3.8) is 0 Å². The van der Waals surface area contributed by atoms with Gasteiger partial charge in [-0.1, -0.05) is 0 Å². The standard InChI is InChI=1S/C10H22N2O/c1-11-5-4-6-12(2)9-7-10(8-9)13-3/h9-11H,4-8H2,1-3H3. The first-order valence-corrected chi connectivity index (χ1v) is 5.15. The third-order valence-electron chi connectivity index (χ3n) is 2.96. The Morgan fingerprint density at radius 1 is 1.46 bits per heavy atom. The molecule has 0 radical (unpaired) electrons. The minimum atomic E-state index is 0.525. The maximum absolute atomic E-state index is 5.25.